The van der Waals surface area contributed by atoms with Crippen LogP contribution in [0.15, 0.2) is 23.4 Å². The predicted octanol–water partition coefficient (Wildman–Crippen LogP) is 1.21. The third-order valence-electron chi connectivity index (χ3n) is 1.36. The number of carbonyl (C=O) groups excluding carboxylic acids is 1. The van der Waals surface area contributed by atoms with Gasteiger partial charge in [-0.1, -0.05) is 6.08 Å². The first-order valence-electron chi connectivity index (χ1n) is 2.99. The minimum Gasteiger partial charge on any atom is -0.295 e. The molecule has 0 saturated carbocycles. The zero-order chi connectivity index (χ0) is 8.27. The number of hydrogen-bond donors (Lipinski definition) is 0. The van der Waals surface area contributed by atoms with Crippen molar-refractivity contribution in [3.8, 4) is 6.07 Å². The Morgan fingerprint density at radius 1 is 1.73 bits per heavy atom. The van der Waals surface area contributed by atoms with E-state index in [4.69, 9.17) is 11.8 Å². The van der Waals surface area contributed by atoms with Crippen LogP contribution >= 0.6 is 0 Å². The van der Waals surface area contributed by atoms with E-state index in [9.17, 15) is 4.79 Å². The van der Waals surface area contributed by atoms with Crippen molar-refractivity contribution in [2.24, 2.45) is 0 Å². The SMILES string of the molecule is [C-]#[N+]C(C#N)=C1C=CC(=O)C1. The van der Waals surface area contributed by atoms with Crippen LogP contribution in [0.4, 0.5) is 0 Å². The van der Waals surface area contributed by atoms with Gasteiger partial charge in [0.05, 0.1) is 12.6 Å². The van der Waals surface area contributed by atoms with E-state index in [2.05, 4.69) is 4.85 Å². The van der Waals surface area contributed by atoms with Gasteiger partial charge >= 0.3 is 0 Å². The number of ketones is 1. The summed E-state index contributed by atoms with van der Waals surface area (Å²) in [5.74, 6) is -0.0450. The fourth-order valence-corrected chi connectivity index (χ4v) is 0.830. The summed E-state index contributed by atoms with van der Waals surface area (Å²) < 4.78 is 0. The molecule has 0 unspecified atom stereocenters. The predicted molar refractivity (Wildman–Crippen MR) is 38.0 cm³/mol. The molecular weight excluding hydrogens is 140 g/mol. The maximum absolute atomic E-state index is 10.7. The van der Waals surface area contributed by atoms with Crippen molar-refractivity contribution in [1.29, 1.82) is 5.26 Å². The summed E-state index contributed by atoms with van der Waals surface area (Å²) in [4.78, 5) is 13.6. The van der Waals surface area contributed by atoms with Crippen molar-refractivity contribution in [2.45, 2.75) is 6.42 Å². The largest absolute Gasteiger partial charge is 0.295 e. The van der Waals surface area contributed by atoms with E-state index < -0.39 is 0 Å². The van der Waals surface area contributed by atoms with E-state index in [1.165, 1.54) is 12.2 Å². The summed E-state index contributed by atoms with van der Waals surface area (Å²) in [5, 5.41) is 8.41. The van der Waals surface area contributed by atoms with Gasteiger partial charge in [-0.05, 0) is 11.6 Å². The Kier molecular flexibility index (Phi) is 1.85. The maximum atomic E-state index is 10.7. The van der Waals surface area contributed by atoms with Gasteiger partial charge in [0.15, 0.2) is 5.78 Å². The van der Waals surface area contributed by atoms with Crippen molar-refractivity contribution in [3.05, 3.63) is 34.8 Å². The molecule has 0 heterocycles. The van der Waals surface area contributed by atoms with E-state index in [0.29, 0.717) is 5.57 Å². The van der Waals surface area contributed by atoms with Crippen LogP contribution in [-0.2, 0) is 4.79 Å². The molecule has 52 valence electrons. The monoisotopic (exact) mass is 144 g/mol. The van der Waals surface area contributed by atoms with Gasteiger partial charge in [0.25, 0.3) is 5.70 Å². The molecule has 0 bridgehead atoms. The molecule has 0 aliphatic heterocycles. The number of rotatable bonds is 0. The van der Waals surface area contributed by atoms with Gasteiger partial charge in [-0.15, -0.1) is 0 Å². The number of nitriles is 1. The summed E-state index contributed by atoms with van der Waals surface area (Å²) in [5.41, 5.74) is 0.555. The number of carbonyl (C=O) groups is 1. The highest BCUT2D eigenvalue weighted by atomic mass is 16.1. The molecule has 0 N–H and O–H groups in total. The lowest BCUT2D eigenvalue weighted by atomic mass is 10.2. The zero-order valence-electron chi connectivity index (χ0n) is 5.66. The normalized spacial score (nSPS) is 19.3. The molecule has 1 rings (SSSR count). The number of allylic oxidation sites excluding steroid dienone is 4. The lowest BCUT2D eigenvalue weighted by Gasteiger charge is -1.88. The molecule has 3 nitrogen and oxygen atoms in total. The molecule has 11 heavy (non-hydrogen) atoms. The van der Waals surface area contributed by atoms with Crippen LogP contribution < -0.4 is 0 Å². The minimum atomic E-state index is -0.0450. The smallest absolute Gasteiger partial charge is 0.265 e. The Labute approximate surface area is 64.1 Å². The van der Waals surface area contributed by atoms with Crippen LogP contribution in [0, 0.1) is 17.9 Å². The Bertz CT molecular complexity index is 320. The van der Waals surface area contributed by atoms with Gasteiger partial charge in [-0.3, -0.25) is 4.79 Å². The Balaban J connectivity index is 3.03. The van der Waals surface area contributed by atoms with E-state index in [0.717, 1.165) is 0 Å². The second kappa shape index (κ2) is 2.81. The number of hydrogen-bond acceptors (Lipinski definition) is 2. The highest BCUT2D eigenvalue weighted by Gasteiger charge is 2.12. The summed E-state index contributed by atoms with van der Waals surface area (Å²) in [7, 11) is 0. The molecule has 0 fully saturated rings. The average Bonchev–Trinajstić information content (AvgIpc) is 2.39. The topological polar surface area (TPSA) is 45.2 Å². The molecule has 0 radical (unpaired) electrons. The Morgan fingerprint density at radius 2 is 2.45 bits per heavy atom. The van der Waals surface area contributed by atoms with Gasteiger partial charge in [0.2, 0.25) is 0 Å². The minimum absolute atomic E-state index is 0.0205. The van der Waals surface area contributed by atoms with Crippen LogP contribution in [0.25, 0.3) is 4.85 Å². The standard InChI is InChI=1S/C8H4N2O/c1-10-8(5-9)6-2-3-7(11)4-6/h2-3H,4H2. The van der Waals surface area contributed by atoms with Gasteiger partial charge in [0.1, 0.15) is 0 Å². The summed E-state index contributed by atoms with van der Waals surface area (Å²) in [6, 6.07) is 1.74. The lowest BCUT2D eigenvalue weighted by Crippen LogP contribution is -1.86. The molecule has 0 aromatic carbocycles. The second-order valence-corrected chi connectivity index (χ2v) is 2.07. The summed E-state index contributed by atoms with van der Waals surface area (Å²) in [6.45, 7) is 6.59. The van der Waals surface area contributed by atoms with Crippen LogP contribution in [0.2, 0.25) is 0 Å². The highest BCUT2D eigenvalue weighted by Crippen LogP contribution is 2.17. The van der Waals surface area contributed by atoms with Crippen molar-refractivity contribution in [3.63, 3.8) is 0 Å². The first-order valence-corrected chi connectivity index (χ1v) is 2.99. The van der Waals surface area contributed by atoms with Gasteiger partial charge in [-0.25, -0.2) is 10.1 Å². The average molecular weight is 144 g/mol. The van der Waals surface area contributed by atoms with Crippen molar-refractivity contribution in [1.82, 2.24) is 0 Å². The first-order chi connectivity index (χ1) is 5.27. The van der Waals surface area contributed by atoms with Crippen LogP contribution in [0.1, 0.15) is 6.42 Å². The molecular formula is C8H4N2O. The molecule has 0 aromatic heterocycles. The quantitative estimate of drug-likeness (QED) is 0.379. The fraction of sp³-hybridized carbons (Fsp3) is 0.125. The van der Waals surface area contributed by atoms with Gasteiger partial charge < -0.3 is 0 Å². The third-order valence-corrected chi connectivity index (χ3v) is 1.36. The highest BCUT2D eigenvalue weighted by molar-refractivity contribution is 5.96. The summed E-state index contributed by atoms with van der Waals surface area (Å²) >= 11 is 0. The maximum Gasteiger partial charge on any atom is 0.265 e. The lowest BCUT2D eigenvalue weighted by molar-refractivity contribution is -0.113. The summed E-state index contributed by atoms with van der Waals surface area (Å²) in [6.07, 6.45) is 3.11. The first kappa shape index (κ1) is 7.24. The Hall–Kier alpha value is -1.87. The van der Waals surface area contributed by atoms with E-state index in [-0.39, 0.29) is 17.9 Å². The van der Waals surface area contributed by atoms with E-state index in [1.54, 1.807) is 6.07 Å². The molecule has 3 heteroatoms. The second-order valence-electron chi connectivity index (χ2n) is 2.07. The Morgan fingerprint density at radius 3 is 2.82 bits per heavy atom. The van der Waals surface area contributed by atoms with E-state index >= 15 is 0 Å². The van der Waals surface area contributed by atoms with Crippen LogP contribution in [-0.4, -0.2) is 5.78 Å². The van der Waals surface area contributed by atoms with Crippen LogP contribution in [0.3, 0.4) is 0 Å². The molecule has 0 amide bonds. The van der Waals surface area contributed by atoms with Crippen molar-refractivity contribution < 1.29 is 4.79 Å². The third kappa shape index (κ3) is 1.33. The van der Waals surface area contributed by atoms with Crippen molar-refractivity contribution >= 4 is 5.78 Å². The number of nitrogens with zero attached hydrogens (tertiary/aromatic N) is 2. The zero-order valence-corrected chi connectivity index (χ0v) is 5.66. The van der Waals surface area contributed by atoms with Crippen molar-refractivity contribution in [2.75, 3.05) is 0 Å². The van der Waals surface area contributed by atoms with Gasteiger partial charge in [0, 0.05) is 6.42 Å². The van der Waals surface area contributed by atoms with Gasteiger partial charge in [-0.2, -0.15) is 0 Å². The molecule has 0 saturated heterocycles. The molecule has 0 spiro atoms. The molecule has 0 aromatic rings. The molecule has 0 atom stereocenters. The molecule has 1 aliphatic carbocycles. The molecule has 1 aliphatic rings. The van der Waals surface area contributed by atoms with Crippen LogP contribution in [0.5, 0.6) is 0 Å². The fourth-order valence-electron chi connectivity index (χ4n) is 0.830. The van der Waals surface area contributed by atoms with E-state index in [1.807, 2.05) is 0 Å².